The van der Waals surface area contributed by atoms with Gasteiger partial charge >= 0.3 is 6.18 Å². The molecule has 0 bridgehead atoms. The van der Waals surface area contributed by atoms with Crippen molar-refractivity contribution in [2.45, 2.75) is 19.0 Å². The zero-order valence-electron chi connectivity index (χ0n) is 9.76. The van der Waals surface area contributed by atoms with Gasteiger partial charge in [0, 0.05) is 18.0 Å². The first-order valence-electron chi connectivity index (χ1n) is 5.90. The van der Waals surface area contributed by atoms with Gasteiger partial charge in [-0.2, -0.15) is 13.2 Å². The fraction of sp³-hybridized carbons (Fsp3) is 0.462. The monoisotopic (exact) mass is 257 g/mol. The zero-order chi connectivity index (χ0) is 13.2. The predicted octanol–water partition coefficient (Wildman–Crippen LogP) is 2.89. The van der Waals surface area contributed by atoms with E-state index in [0.717, 1.165) is 31.5 Å². The molecule has 0 spiro atoms. The number of benzene rings is 1. The maximum absolute atomic E-state index is 12.5. The number of hydrogen-bond acceptors (Lipinski definition) is 2. The Morgan fingerprint density at radius 2 is 2.11 bits per heavy atom. The highest BCUT2D eigenvalue weighted by Gasteiger charge is 2.31. The van der Waals surface area contributed by atoms with E-state index in [4.69, 9.17) is 0 Å². The second kappa shape index (κ2) is 5.10. The third-order valence-electron chi connectivity index (χ3n) is 3.14. The first kappa shape index (κ1) is 13.1. The average molecular weight is 257 g/mol. The fourth-order valence-corrected chi connectivity index (χ4v) is 2.16. The Hall–Kier alpha value is -1.36. The standard InChI is InChI=1S/C13H14F3NO/c14-13(15,16)11-5-1-3-9(7-11)12(18)10-4-2-6-17-8-10/h1,3,5,7,10,17H,2,4,6,8H2/t10-/m0/s1. The van der Waals surface area contributed by atoms with Crippen LogP contribution in [-0.4, -0.2) is 18.9 Å². The molecule has 0 aromatic heterocycles. The first-order valence-corrected chi connectivity index (χ1v) is 5.90. The van der Waals surface area contributed by atoms with Crippen LogP contribution in [0, 0.1) is 5.92 Å². The van der Waals surface area contributed by atoms with Gasteiger partial charge in [0.25, 0.3) is 0 Å². The number of alkyl halides is 3. The molecule has 0 unspecified atom stereocenters. The van der Waals surface area contributed by atoms with E-state index in [1.165, 1.54) is 12.1 Å². The lowest BCUT2D eigenvalue weighted by Gasteiger charge is -2.21. The number of hydrogen-bond donors (Lipinski definition) is 1. The quantitative estimate of drug-likeness (QED) is 0.825. The second-order valence-electron chi connectivity index (χ2n) is 4.49. The van der Waals surface area contributed by atoms with Gasteiger partial charge in [-0.25, -0.2) is 0 Å². The summed E-state index contributed by atoms with van der Waals surface area (Å²) in [5.74, 6) is -0.407. The van der Waals surface area contributed by atoms with E-state index in [2.05, 4.69) is 5.32 Å². The summed E-state index contributed by atoms with van der Waals surface area (Å²) >= 11 is 0. The van der Waals surface area contributed by atoms with Crippen LogP contribution >= 0.6 is 0 Å². The van der Waals surface area contributed by atoms with E-state index in [9.17, 15) is 18.0 Å². The van der Waals surface area contributed by atoms with Crippen molar-refractivity contribution in [2.24, 2.45) is 5.92 Å². The van der Waals surface area contributed by atoms with Crippen molar-refractivity contribution >= 4 is 5.78 Å². The van der Waals surface area contributed by atoms with Crippen molar-refractivity contribution in [3.63, 3.8) is 0 Å². The number of nitrogens with one attached hydrogen (secondary N) is 1. The molecule has 1 N–H and O–H groups in total. The SMILES string of the molecule is O=C(c1cccc(C(F)(F)F)c1)[C@H]1CCCNC1. The van der Waals surface area contributed by atoms with E-state index in [-0.39, 0.29) is 17.3 Å². The number of piperidine rings is 1. The molecule has 1 atom stereocenters. The van der Waals surface area contributed by atoms with Gasteiger partial charge in [0.15, 0.2) is 5.78 Å². The molecule has 1 aliphatic heterocycles. The van der Waals surface area contributed by atoms with Crippen LogP contribution in [0.2, 0.25) is 0 Å². The molecular formula is C13H14F3NO. The van der Waals surface area contributed by atoms with Crippen LogP contribution in [0.5, 0.6) is 0 Å². The van der Waals surface area contributed by atoms with Crippen LogP contribution in [-0.2, 0) is 6.18 Å². The normalized spacial score (nSPS) is 20.7. The molecule has 1 aliphatic rings. The molecule has 0 amide bonds. The van der Waals surface area contributed by atoms with E-state index in [1.807, 2.05) is 0 Å². The fourth-order valence-electron chi connectivity index (χ4n) is 2.16. The first-order chi connectivity index (χ1) is 8.48. The molecule has 1 aromatic carbocycles. The summed E-state index contributed by atoms with van der Waals surface area (Å²) in [5.41, 5.74) is -0.615. The third-order valence-corrected chi connectivity index (χ3v) is 3.14. The summed E-state index contributed by atoms with van der Waals surface area (Å²) in [7, 11) is 0. The largest absolute Gasteiger partial charge is 0.416 e. The molecule has 2 rings (SSSR count). The van der Waals surface area contributed by atoms with Crippen molar-refractivity contribution in [3.05, 3.63) is 35.4 Å². The highest BCUT2D eigenvalue weighted by molar-refractivity contribution is 5.98. The van der Waals surface area contributed by atoms with Crippen LogP contribution in [0.4, 0.5) is 13.2 Å². The molecular weight excluding hydrogens is 243 g/mol. The van der Waals surface area contributed by atoms with Crippen LogP contribution in [0.25, 0.3) is 0 Å². The summed E-state index contributed by atoms with van der Waals surface area (Å²) in [6.45, 7) is 1.42. The maximum Gasteiger partial charge on any atom is 0.416 e. The summed E-state index contributed by atoms with van der Waals surface area (Å²) in [6, 6.07) is 4.66. The van der Waals surface area contributed by atoms with Gasteiger partial charge in [-0.15, -0.1) is 0 Å². The predicted molar refractivity (Wildman–Crippen MR) is 61.4 cm³/mol. The van der Waals surface area contributed by atoms with Crippen LogP contribution in [0.15, 0.2) is 24.3 Å². The smallest absolute Gasteiger partial charge is 0.316 e. The lowest BCUT2D eigenvalue weighted by molar-refractivity contribution is -0.137. The lowest BCUT2D eigenvalue weighted by Crippen LogP contribution is -2.34. The minimum absolute atomic E-state index is 0.151. The topological polar surface area (TPSA) is 29.1 Å². The number of carbonyl (C=O) groups excluding carboxylic acids is 1. The van der Waals surface area contributed by atoms with Gasteiger partial charge in [0.05, 0.1) is 5.56 Å². The number of carbonyl (C=O) groups is 1. The molecule has 1 saturated heterocycles. The van der Waals surface area contributed by atoms with Crippen molar-refractivity contribution in [2.75, 3.05) is 13.1 Å². The highest BCUT2D eigenvalue weighted by Crippen LogP contribution is 2.30. The van der Waals surface area contributed by atoms with E-state index >= 15 is 0 Å². The van der Waals surface area contributed by atoms with Gasteiger partial charge in [0.2, 0.25) is 0 Å². The van der Waals surface area contributed by atoms with Crippen LogP contribution in [0.3, 0.4) is 0 Å². The Balaban J connectivity index is 2.20. The van der Waals surface area contributed by atoms with Crippen LogP contribution in [0.1, 0.15) is 28.8 Å². The number of halogens is 3. The Bertz CT molecular complexity index is 436. The summed E-state index contributed by atoms with van der Waals surface area (Å²) in [5, 5.41) is 3.09. The molecule has 1 fully saturated rings. The minimum atomic E-state index is -4.40. The van der Waals surface area contributed by atoms with Crippen molar-refractivity contribution in [3.8, 4) is 0 Å². The molecule has 5 heteroatoms. The molecule has 0 aliphatic carbocycles. The highest BCUT2D eigenvalue weighted by atomic mass is 19.4. The molecule has 1 aromatic rings. The van der Waals surface area contributed by atoms with Crippen molar-refractivity contribution < 1.29 is 18.0 Å². The lowest BCUT2D eigenvalue weighted by atomic mass is 9.90. The Labute approximate surface area is 103 Å². The summed E-state index contributed by atoms with van der Waals surface area (Å²) in [6.07, 6.45) is -2.78. The molecule has 0 radical (unpaired) electrons. The molecule has 0 saturated carbocycles. The summed E-state index contributed by atoms with van der Waals surface area (Å²) < 4.78 is 37.6. The van der Waals surface area contributed by atoms with Crippen molar-refractivity contribution in [1.82, 2.24) is 5.32 Å². The van der Waals surface area contributed by atoms with Crippen molar-refractivity contribution in [1.29, 1.82) is 0 Å². The maximum atomic E-state index is 12.5. The Morgan fingerprint density at radius 1 is 1.33 bits per heavy atom. The molecule has 1 heterocycles. The zero-order valence-corrected chi connectivity index (χ0v) is 9.76. The average Bonchev–Trinajstić information content (AvgIpc) is 2.38. The van der Waals surface area contributed by atoms with Gasteiger partial charge in [-0.05, 0) is 31.5 Å². The van der Waals surface area contributed by atoms with E-state index < -0.39 is 11.7 Å². The van der Waals surface area contributed by atoms with Gasteiger partial charge < -0.3 is 5.32 Å². The number of rotatable bonds is 2. The Kier molecular flexibility index (Phi) is 3.71. The van der Waals surface area contributed by atoms with Crippen LogP contribution < -0.4 is 5.32 Å². The number of Topliss-reactive ketones (excluding diaryl/α,β-unsaturated/α-hetero) is 1. The Morgan fingerprint density at radius 3 is 2.72 bits per heavy atom. The molecule has 98 valence electrons. The van der Waals surface area contributed by atoms with Gasteiger partial charge in [0.1, 0.15) is 0 Å². The minimum Gasteiger partial charge on any atom is -0.316 e. The van der Waals surface area contributed by atoms with E-state index in [1.54, 1.807) is 0 Å². The van der Waals surface area contributed by atoms with E-state index in [0.29, 0.717) is 6.54 Å². The van der Waals surface area contributed by atoms with Gasteiger partial charge in [-0.1, -0.05) is 12.1 Å². The number of ketones is 1. The summed E-state index contributed by atoms with van der Waals surface area (Å²) in [4.78, 5) is 12.1. The molecule has 18 heavy (non-hydrogen) atoms. The van der Waals surface area contributed by atoms with Gasteiger partial charge in [-0.3, -0.25) is 4.79 Å². The third kappa shape index (κ3) is 2.90. The second-order valence-corrected chi connectivity index (χ2v) is 4.49. The molecule has 2 nitrogen and oxygen atoms in total.